The van der Waals surface area contributed by atoms with Gasteiger partial charge in [0.25, 0.3) is 0 Å². The Balaban J connectivity index is 1.92. The molecule has 0 radical (unpaired) electrons. The van der Waals surface area contributed by atoms with Gasteiger partial charge in [-0.2, -0.15) is 0 Å². The van der Waals surface area contributed by atoms with Crippen LogP contribution < -0.4 is 10.1 Å². The Morgan fingerprint density at radius 1 is 1.12 bits per heavy atom. The van der Waals surface area contributed by atoms with Gasteiger partial charge in [0, 0.05) is 5.69 Å². The van der Waals surface area contributed by atoms with Crippen LogP contribution >= 0.6 is 0 Å². The van der Waals surface area contributed by atoms with Crippen LogP contribution in [0, 0.1) is 0 Å². The molecular formula is C13H15NO3. The average molecular weight is 233 g/mol. The molecule has 17 heavy (non-hydrogen) atoms. The third-order valence-corrected chi connectivity index (χ3v) is 2.43. The Kier molecular flexibility index (Phi) is 3.67. The highest BCUT2D eigenvalue weighted by Gasteiger charge is 2.00. The van der Waals surface area contributed by atoms with Gasteiger partial charge >= 0.3 is 0 Å². The van der Waals surface area contributed by atoms with Crippen molar-refractivity contribution in [2.24, 2.45) is 0 Å². The van der Waals surface area contributed by atoms with Crippen LogP contribution in [0.3, 0.4) is 0 Å². The molecule has 0 fully saturated rings. The van der Waals surface area contributed by atoms with Crippen molar-refractivity contribution in [3.8, 4) is 5.75 Å². The number of hydrogen-bond donors (Lipinski definition) is 2. The molecule has 1 aromatic carbocycles. The molecular weight excluding hydrogens is 218 g/mol. The first kappa shape index (κ1) is 11.5. The third-order valence-electron chi connectivity index (χ3n) is 2.43. The van der Waals surface area contributed by atoms with Crippen molar-refractivity contribution in [2.75, 3.05) is 12.4 Å². The number of furan rings is 1. The summed E-state index contributed by atoms with van der Waals surface area (Å²) in [6, 6.07) is 11.3. The summed E-state index contributed by atoms with van der Waals surface area (Å²) in [5.74, 6) is 2.21. The predicted molar refractivity (Wildman–Crippen MR) is 65.0 cm³/mol. The summed E-state index contributed by atoms with van der Waals surface area (Å²) in [6.07, 6.45) is 0. The molecule has 4 nitrogen and oxygen atoms in total. The molecule has 2 N–H and O–H groups in total. The lowest BCUT2D eigenvalue weighted by atomic mass is 10.3. The van der Waals surface area contributed by atoms with E-state index in [4.69, 9.17) is 14.3 Å². The smallest absolute Gasteiger partial charge is 0.129 e. The molecule has 0 aliphatic rings. The Bertz CT molecular complexity index is 462. The number of anilines is 1. The minimum Gasteiger partial charge on any atom is -0.497 e. The molecule has 0 atom stereocenters. The number of methoxy groups -OCH3 is 1. The maximum Gasteiger partial charge on any atom is 0.129 e. The number of nitrogens with one attached hydrogen (secondary N) is 1. The standard InChI is InChI=1S/C13H15NO3/c1-16-11-4-2-10(3-5-11)14-8-12-6-7-13(9-15)17-12/h2-7,14-15H,8-9H2,1H3. The SMILES string of the molecule is COc1ccc(NCc2ccc(CO)o2)cc1. The van der Waals surface area contributed by atoms with Crippen LogP contribution in [-0.2, 0) is 13.2 Å². The highest BCUT2D eigenvalue weighted by Crippen LogP contribution is 2.16. The van der Waals surface area contributed by atoms with E-state index in [1.807, 2.05) is 30.3 Å². The van der Waals surface area contributed by atoms with Crippen molar-refractivity contribution in [3.05, 3.63) is 47.9 Å². The fourth-order valence-corrected chi connectivity index (χ4v) is 1.50. The van der Waals surface area contributed by atoms with Crippen LogP contribution in [-0.4, -0.2) is 12.2 Å². The zero-order chi connectivity index (χ0) is 12.1. The second-order valence-electron chi connectivity index (χ2n) is 3.61. The summed E-state index contributed by atoms with van der Waals surface area (Å²) in [5, 5.41) is 12.1. The molecule has 0 aliphatic carbocycles. The minimum absolute atomic E-state index is 0.0669. The summed E-state index contributed by atoms with van der Waals surface area (Å²) in [4.78, 5) is 0. The molecule has 0 spiro atoms. The van der Waals surface area contributed by atoms with Crippen LogP contribution in [0.4, 0.5) is 5.69 Å². The van der Waals surface area contributed by atoms with E-state index in [9.17, 15) is 0 Å². The summed E-state index contributed by atoms with van der Waals surface area (Å²) in [5.41, 5.74) is 0.993. The maximum absolute atomic E-state index is 8.87. The van der Waals surface area contributed by atoms with E-state index in [0.29, 0.717) is 12.3 Å². The highest BCUT2D eigenvalue weighted by atomic mass is 16.5. The van der Waals surface area contributed by atoms with Crippen LogP contribution in [0.2, 0.25) is 0 Å². The van der Waals surface area contributed by atoms with Crippen LogP contribution in [0.5, 0.6) is 5.75 Å². The largest absolute Gasteiger partial charge is 0.497 e. The number of hydrogen-bond acceptors (Lipinski definition) is 4. The van der Waals surface area contributed by atoms with E-state index >= 15 is 0 Å². The molecule has 2 aromatic rings. The zero-order valence-corrected chi connectivity index (χ0v) is 9.64. The average Bonchev–Trinajstić information content (AvgIpc) is 2.85. The molecule has 0 saturated carbocycles. The van der Waals surface area contributed by atoms with E-state index in [2.05, 4.69) is 5.32 Å². The fourth-order valence-electron chi connectivity index (χ4n) is 1.50. The molecule has 0 bridgehead atoms. The summed E-state index contributed by atoms with van der Waals surface area (Å²) in [6.45, 7) is 0.523. The molecule has 90 valence electrons. The van der Waals surface area contributed by atoms with Gasteiger partial charge in [-0.15, -0.1) is 0 Å². The normalized spacial score (nSPS) is 10.2. The van der Waals surface area contributed by atoms with Crippen molar-refractivity contribution in [1.29, 1.82) is 0 Å². The van der Waals surface area contributed by atoms with Gasteiger partial charge in [0.2, 0.25) is 0 Å². The first-order valence-electron chi connectivity index (χ1n) is 5.38. The maximum atomic E-state index is 8.87. The van der Waals surface area contributed by atoms with Crippen molar-refractivity contribution in [2.45, 2.75) is 13.2 Å². The van der Waals surface area contributed by atoms with E-state index in [-0.39, 0.29) is 6.61 Å². The van der Waals surface area contributed by atoms with Gasteiger partial charge in [-0.25, -0.2) is 0 Å². The van der Waals surface area contributed by atoms with Gasteiger partial charge in [-0.05, 0) is 36.4 Å². The van der Waals surface area contributed by atoms with Crippen LogP contribution in [0.25, 0.3) is 0 Å². The molecule has 1 aromatic heterocycles. The van der Waals surface area contributed by atoms with Gasteiger partial charge in [-0.1, -0.05) is 0 Å². The van der Waals surface area contributed by atoms with Crippen LogP contribution in [0.1, 0.15) is 11.5 Å². The lowest BCUT2D eigenvalue weighted by Crippen LogP contribution is -1.97. The molecule has 0 amide bonds. The van der Waals surface area contributed by atoms with E-state index in [0.717, 1.165) is 17.2 Å². The Labute approximate surface area is 99.8 Å². The summed E-state index contributed by atoms with van der Waals surface area (Å²) >= 11 is 0. The lowest BCUT2D eigenvalue weighted by Gasteiger charge is -2.05. The second kappa shape index (κ2) is 5.41. The number of ether oxygens (including phenoxy) is 1. The topological polar surface area (TPSA) is 54.6 Å². The predicted octanol–water partition coefficient (Wildman–Crippen LogP) is 2.39. The lowest BCUT2D eigenvalue weighted by molar-refractivity contribution is 0.244. The van der Waals surface area contributed by atoms with Crippen LogP contribution in [0.15, 0.2) is 40.8 Å². The fraction of sp³-hybridized carbons (Fsp3) is 0.231. The first-order valence-corrected chi connectivity index (χ1v) is 5.38. The van der Waals surface area contributed by atoms with Gasteiger partial charge in [0.15, 0.2) is 0 Å². The zero-order valence-electron chi connectivity index (χ0n) is 9.64. The van der Waals surface area contributed by atoms with Crippen molar-refractivity contribution >= 4 is 5.69 Å². The Morgan fingerprint density at radius 3 is 2.41 bits per heavy atom. The van der Waals surface area contributed by atoms with E-state index in [1.54, 1.807) is 13.2 Å². The van der Waals surface area contributed by atoms with Crippen molar-refractivity contribution in [1.82, 2.24) is 0 Å². The number of aliphatic hydroxyl groups excluding tert-OH is 1. The monoisotopic (exact) mass is 233 g/mol. The molecule has 0 aliphatic heterocycles. The molecule has 0 saturated heterocycles. The van der Waals surface area contributed by atoms with E-state index < -0.39 is 0 Å². The summed E-state index contributed by atoms with van der Waals surface area (Å²) in [7, 11) is 1.64. The number of benzene rings is 1. The Morgan fingerprint density at radius 2 is 1.82 bits per heavy atom. The van der Waals surface area contributed by atoms with Gasteiger partial charge in [0.1, 0.15) is 23.9 Å². The van der Waals surface area contributed by atoms with Gasteiger partial charge in [0.05, 0.1) is 13.7 Å². The second-order valence-corrected chi connectivity index (χ2v) is 3.61. The Hall–Kier alpha value is -1.94. The molecule has 2 rings (SSSR count). The first-order chi connectivity index (χ1) is 8.31. The summed E-state index contributed by atoms with van der Waals surface area (Å²) < 4.78 is 10.4. The number of rotatable bonds is 5. The number of aliphatic hydroxyl groups is 1. The molecule has 0 unspecified atom stereocenters. The molecule has 4 heteroatoms. The highest BCUT2D eigenvalue weighted by molar-refractivity contribution is 5.46. The third kappa shape index (κ3) is 3.01. The van der Waals surface area contributed by atoms with Gasteiger partial charge in [-0.3, -0.25) is 0 Å². The molecule has 1 heterocycles. The minimum atomic E-state index is -0.0669. The quantitative estimate of drug-likeness (QED) is 0.832. The van der Waals surface area contributed by atoms with Gasteiger partial charge < -0.3 is 19.6 Å². The van der Waals surface area contributed by atoms with Crippen molar-refractivity contribution in [3.63, 3.8) is 0 Å². The van der Waals surface area contributed by atoms with E-state index in [1.165, 1.54) is 0 Å². The van der Waals surface area contributed by atoms with Crippen molar-refractivity contribution < 1.29 is 14.3 Å².